The molecular formula is C47H53N7O10S. The van der Waals surface area contributed by atoms with Gasteiger partial charge in [-0.1, -0.05) is 45.0 Å². The number of ketones is 1. The number of hydrogen-bond acceptors (Lipinski definition) is 15. The number of carbonyl (C=O) groups excluding carboxylic acids is 3. The number of carbonyl (C=O) groups is 3. The zero-order valence-corrected chi connectivity index (χ0v) is 37.8. The summed E-state index contributed by atoms with van der Waals surface area (Å²) in [5.74, 6) is -0.234. The van der Waals surface area contributed by atoms with Crippen LogP contribution in [-0.2, 0) is 44.1 Å². The van der Waals surface area contributed by atoms with Crippen LogP contribution in [-0.4, -0.2) is 104 Å². The molecule has 1 aliphatic rings. The molecule has 7 rings (SSSR count). The minimum Gasteiger partial charge on any atom is -0.490 e. The third-order valence-corrected chi connectivity index (χ3v) is 11.9. The molecule has 65 heavy (non-hydrogen) atoms. The summed E-state index contributed by atoms with van der Waals surface area (Å²) in [5, 5.41) is 17.7. The lowest BCUT2D eigenvalue weighted by Crippen LogP contribution is -2.50. The number of pyridine rings is 1. The molecular weight excluding hydrogens is 855 g/mol. The van der Waals surface area contributed by atoms with Gasteiger partial charge in [0.15, 0.2) is 11.4 Å². The Morgan fingerprint density at radius 3 is 2.45 bits per heavy atom. The highest BCUT2D eigenvalue weighted by atomic mass is 32.1. The SMILES string of the molecule is Cc1ncsc1-c1ccc(CNC(=O)[C@@H]2C[C@@H](O)CN2C(=O)[C@@H](CC(=O)COCCOCCOc2ccc(COc3ccc4oc(-c5ccc(=O)n(C)n5)nc4c3)nc2)C(C)(C)C)cc1. The molecule has 0 aliphatic carbocycles. The Hall–Kier alpha value is -6.34. The lowest BCUT2D eigenvalue weighted by molar-refractivity contribution is -0.146. The highest BCUT2D eigenvalue weighted by molar-refractivity contribution is 7.13. The van der Waals surface area contributed by atoms with Crippen LogP contribution in [0.25, 0.3) is 33.1 Å². The third-order valence-electron chi connectivity index (χ3n) is 10.9. The first-order valence-corrected chi connectivity index (χ1v) is 22.2. The highest BCUT2D eigenvalue weighted by Crippen LogP contribution is 2.34. The molecule has 1 fully saturated rings. The zero-order chi connectivity index (χ0) is 46.1. The number of likely N-dealkylation sites (tertiary alicyclic amines) is 1. The number of aromatic nitrogens is 5. The number of hydrogen-bond donors (Lipinski definition) is 2. The molecule has 6 aromatic rings. The van der Waals surface area contributed by atoms with Crippen molar-refractivity contribution in [2.75, 3.05) is 39.6 Å². The van der Waals surface area contributed by atoms with Gasteiger partial charge in [0.05, 0.1) is 53.9 Å². The maximum atomic E-state index is 14.0. The van der Waals surface area contributed by atoms with Crippen molar-refractivity contribution in [3.8, 4) is 33.5 Å². The van der Waals surface area contributed by atoms with Crippen molar-refractivity contribution in [2.24, 2.45) is 18.4 Å². The van der Waals surface area contributed by atoms with Gasteiger partial charge < -0.3 is 38.7 Å². The summed E-state index contributed by atoms with van der Waals surface area (Å²) in [7, 11) is 1.56. The first kappa shape index (κ1) is 46.6. The van der Waals surface area contributed by atoms with Crippen LogP contribution in [0.5, 0.6) is 11.5 Å². The highest BCUT2D eigenvalue weighted by Gasteiger charge is 2.44. The van der Waals surface area contributed by atoms with Crippen LogP contribution in [0.3, 0.4) is 0 Å². The van der Waals surface area contributed by atoms with Gasteiger partial charge in [0.2, 0.25) is 17.7 Å². The Balaban J connectivity index is 0.783. The van der Waals surface area contributed by atoms with Gasteiger partial charge in [-0.15, -0.1) is 11.3 Å². The van der Waals surface area contributed by atoms with Gasteiger partial charge in [-0.25, -0.2) is 14.6 Å². The molecule has 3 atom stereocenters. The lowest BCUT2D eigenvalue weighted by atomic mass is 9.77. The second kappa shape index (κ2) is 21.1. The minimum absolute atomic E-state index is 0.0154. The molecule has 17 nitrogen and oxygen atoms in total. The Labute approximate surface area is 379 Å². The molecule has 342 valence electrons. The monoisotopic (exact) mass is 907 g/mol. The molecule has 4 aromatic heterocycles. The number of ether oxygens (including phenoxy) is 4. The number of aliphatic hydroxyl groups is 1. The Morgan fingerprint density at radius 1 is 0.954 bits per heavy atom. The van der Waals surface area contributed by atoms with Crippen molar-refractivity contribution in [3.63, 3.8) is 0 Å². The first-order valence-electron chi connectivity index (χ1n) is 21.3. The van der Waals surface area contributed by atoms with Crippen LogP contribution in [0, 0.1) is 18.3 Å². The van der Waals surface area contributed by atoms with Crippen LogP contribution in [0.2, 0.25) is 0 Å². The maximum Gasteiger partial charge on any atom is 0.266 e. The van der Waals surface area contributed by atoms with Crippen LogP contribution >= 0.6 is 11.3 Å². The number of Topliss-reactive ketones (excluding diaryl/α,β-unsaturated/α-hetero) is 1. The summed E-state index contributed by atoms with van der Waals surface area (Å²) >= 11 is 1.57. The lowest BCUT2D eigenvalue weighted by Gasteiger charge is -2.34. The molecule has 0 saturated carbocycles. The third kappa shape index (κ3) is 12.3. The summed E-state index contributed by atoms with van der Waals surface area (Å²) < 4.78 is 29.9. The molecule has 1 aliphatic heterocycles. The number of benzene rings is 2. The number of nitrogens with zero attached hydrogens (tertiary/aromatic N) is 6. The summed E-state index contributed by atoms with van der Waals surface area (Å²) in [4.78, 5) is 67.9. The van der Waals surface area contributed by atoms with Crippen LogP contribution in [0.4, 0.5) is 0 Å². The van der Waals surface area contributed by atoms with Crippen LogP contribution in [0.1, 0.15) is 50.6 Å². The topological polar surface area (TPSA) is 210 Å². The van der Waals surface area contributed by atoms with Crippen molar-refractivity contribution in [3.05, 3.63) is 106 Å². The molecule has 5 heterocycles. The zero-order valence-electron chi connectivity index (χ0n) is 37.0. The number of thiazole rings is 1. The second-order valence-corrected chi connectivity index (χ2v) is 17.7. The number of β-amino-alcohol motifs (C(OH)–C–C–N with tert-alkyl or cyclic N) is 1. The summed E-state index contributed by atoms with van der Waals surface area (Å²) in [6.45, 7) is 8.87. The molecule has 0 unspecified atom stereocenters. The van der Waals surface area contributed by atoms with E-state index in [2.05, 4.69) is 25.4 Å². The van der Waals surface area contributed by atoms with Gasteiger partial charge in [-0.05, 0) is 53.8 Å². The van der Waals surface area contributed by atoms with E-state index >= 15 is 0 Å². The number of nitrogens with one attached hydrogen (secondary N) is 1. The number of aryl methyl sites for hydroxylation is 2. The number of aliphatic hydroxyl groups excluding tert-OH is 1. The molecule has 1 saturated heterocycles. The Bertz CT molecular complexity index is 2640. The van der Waals surface area contributed by atoms with Gasteiger partial charge in [0, 0.05) is 51.0 Å². The minimum atomic E-state index is -0.853. The van der Waals surface area contributed by atoms with E-state index in [1.54, 1.807) is 61.0 Å². The molecule has 2 aromatic carbocycles. The van der Waals surface area contributed by atoms with E-state index in [-0.39, 0.29) is 88.7 Å². The fourth-order valence-corrected chi connectivity index (χ4v) is 8.11. The van der Waals surface area contributed by atoms with E-state index < -0.39 is 23.5 Å². The molecule has 0 bridgehead atoms. The molecule has 0 spiro atoms. The average Bonchev–Trinajstić information content (AvgIpc) is 4.03. The van der Waals surface area contributed by atoms with E-state index in [1.165, 1.54) is 15.6 Å². The van der Waals surface area contributed by atoms with Crippen molar-refractivity contribution < 1.29 is 42.9 Å². The molecule has 18 heteroatoms. The van der Waals surface area contributed by atoms with Gasteiger partial charge in [-0.2, -0.15) is 5.10 Å². The van der Waals surface area contributed by atoms with E-state index in [9.17, 15) is 24.3 Å². The van der Waals surface area contributed by atoms with Gasteiger partial charge in [0.1, 0.15) is 48.6 Å². The fourth-order valence-electron chi connectivity index (χ4n) is 7.30. The van der Waals surface area contributed by atoms with Crippen LogP contribution < -0.4 is 20.3 Å². The average molecular weight is 908 g/mol. The molecule has 2 N–H and O–H groups in total. The second-order valence-electron chi connectivity index (χ2n) is 16.9. The largest absolute Gasteiger partial charge is 0.490 e. The fraction of sp³-hybridized carbons (Fsp3) is 0.404. The number of fused-ring (bicyclic) bond motifs is 1. The number of oxazole rings is 1. The van der Waals surface area contributed by atoms with Gasteiger partial charge >= 0.3 is 0 Å². The van der Waals surface area contributed by atoms with Crippen molar-refractivity contribution in [2.45, 2.75) is 65.8 Å². The van der Waals surface area contributed by atoms with Gasteiger partial charge in [0.25, 0.3) is 5.56 Å². The Morgan fingerprint density at radius 2 is 1.72 bits per heavy atom. The summed E-state index contributed by atoms with van der Waals surface area (Å²) in [5.41, 5.74) is 6.17. The smallest absolute Gasteiger partial charge is 0.266 e. The molecule has 2 amide bonds. The maximum absolute atomic E-state index is 14.0. The predicted molar refractivity (Wildman–Crippen MR) is 241 cm³/mol. The number of rotatable bonds is 20. The van der Waals surface area contributed by atoms with E-state index in [1.807, 2.05) is 57.5 Å². The summed E-state index contributed by atoms with van der Waals surface area (Å²) in [6.07, 6.45) is 0.799. The van der Waals surface area contributed by atoms with E-state index in [0.717, 1.165) is 21.7 Å². The predicted octanol–water partition coefficient (Wildman–Crippen LogP) is 5.31. The van der Waals surface area contributed by atoms with E-state index in [4.69, 9.17) is 23.4 Å². The van der Waals surface area contributed by atoms with Crippen molar-refractivity contribution in [1.29, 1.82) is 0 Å². The molecule has 0 radical (unpaired) electrons. The van der Waals surface area contributed by atoms with Crippen LogP contribution in [0.15, 0.2) is 87.6 Å². The standard InChI is InChI=1S/C47H53N7O10S/c1-29-43(65-28-50-29)31-8-6-30(7-9-31)23-49-44(58)40-21-33(55)25-54(40)46(59)37(47(2,3)4)20-34(56)27-61-17-16-60-18-19-62-36-11-10-32(48-24-36)26-63-35-12-14-41-39(22-35)51-45(64-41)38-13-15-42(57)53(5)52-38/h6-15,22,24,28,33,37,40,55H,16-21,23,25-27H2,1-5H3,(H,49,58)/t33-,37-,40+/m1/s1. The quantitative estimate of drug-likeness (QED) is 0.0932. The normalized spacial score (nSPS) is 15.6. The summed E-state index contributed by atoms with van der Waals surface area (Å²) in [6, 6.07) is 18.9. The van der Waals surface area contributed by atoms with Crippen molar-refractivity contribution >= 4 is 40.0 Å². The Kier molecular flexibility index (Phi) is 15.1. The van der Waals surface area contributed by atoms with Gasteiger partial charge in [-0.3, -0.25) is 24.2 Å². The number of amides is 2. The first-order chi connectivity index (χ1) is 31.2. The van der Waals surface area contributed by atoms with E-state index in [0.29, 0.717) is 39.9 Å². The van der Waals surface area contributed by atoms with Crippen molar-refractivity contribution in [1.82, 2.24) is 34.9 Å².